The van der Waals surface area contributed by atoms with Crippen LogP contribution in [-0.2, 0) is 9.54 Å². The minimum Gasteiger partial charge on any atom is -0.361 e. The van der Waals surface area contributed by atoms with Gasteiger partial charge in [-0.15, -0.1) is 0 Å². The van der Waals surface area contributed by atoms with Gasteiger partial charge in [-0.05, 0) is 55.7 Å². The van der Waals surface area contributed by atoms with Crippen LogP contribution in [0.5, 0.6) is 0 Å². The Hall–Kier alpha value is -1.36. The molecular weight excluding hydrogens is 299 g/mol. The van der Waals surface area contributed by atoms with E-state index in [9.17, 15) is 9.18 Å². The van der Waals surface area contributed by atoms with Gasteiger partial charge >= 0.3 is 0 Å². The smallest absolute Gasteiger partial charge is 0.268 e. The molecule has 2 bridgehead atoms. The number of hydrogen-bond acceptors (Lipinski definition) is 3. The summed E-state index contributed by atoms with van der Waals surface area (Å²) in [5, 5.41) is 4.22. The number of aliphatic imine (C=N–C) groups is 1. The molecule has 0 radical (unpaired) electrons. The van der Waals surface area contributed by atoms with Crippen molar-refractivity contribution in [2.24, 2.45) is 16.8 Å². The summed E-state index contributed by atoms with van der Waals surface area (Å²) in [5.74, 6) is 1.15. The lowest BCUT2D eigenvalue weighted by atomic mass is 9.96. The van der Waals surface area contributed by atoms with E-state index in [2.05, 4.69) is 10.3 Å². The number of fused-ring (bicyclic) bond motifs is 2. The summed E-state index contributed by atoms with van der Waals surface area (Å²) in [7, 11) is 0. The first-order chi connectivity index (χ1) is 10.5. The predicted molar refractivity (Wildman–Crippen MR) is 86.2 cm³/mol. The second-order valence-electron chi connectivity index (χ2n) is 6.79. The number of carbonyl (C=O) groups is 1. The highest BCUT2D eigenvalue weighted by Crippen LogP contribution is 2.46. The number of amidine groups is 1. The van der Waals surface area contributed by atoms with Gasteiger partial charge in [0.2, 0.25) is 0 Å². The summed E-state index contributed by atoms with van der Waals surface area (Å²) < 4.78 is 12.4. The second kappa shape index (κ2) is 5.08. The Morgan fingerprint density at radius 3 is 2.68 bits per heavy atom. The van der Waals surface area contributed by atoms with Gasteiger partial charge in [0.15, 0.2) is 5.17 Å². The number of rotatable bonds is 2. The Bertz CT molecular complexity index is 645. The molecule has 0 aromatic heterocycles. The van der Waals surface area contributed by atoms with Crippen molar-refractivity contribution >= 4 is 22.8 Å². The van der Waals surface area contributed by atoms with Gasteiger partial charge in [0.1, 0.15) is 10.6 Å². The minimum atomic E-state index is -0.742. The van der Waals surface area contributed by atoms with Crippen LogP contribution in [0.3, 0.4) is 0 Å². The molecule has 0 spiro atoms. The number of benzene rings is 1. The number of hydrogen-bond donors (Lipinski definition) is 1. The van der Waals surface area contributed by atoms with E-state index in [4.69, 9.17) is 0 Å². The molecule has 116 valence electrons. The monoisotopic (exact) mass is 318 g/mol. The van der Waals surface area contributed by atoms with Gasteiger partial charge < -0.3 is 5.32 Å². The van der Waals surface area contributed by atoms with Crippen LogP contribution in [-0.4, -0.2) is 17.1 Å². The van der Waals surface area contributed by atoms with Crippen LogP contribution in [0.15, 0.2) is 29.3 Å². The average Bonchev–Trinajstić information content (AvgIpc) is 3.16. The zero-order chi connectivity index (χ0) is 15.3. The van der Waals surface area contributed by atoms with E-state index in [1.807, 2.05) is 6.92 Å². The molecule has 1 aliphatic heterocycles. The quantitative estimate of drug-likeness (QED) is 0.908. The third-order valence-corrected chi connectivity index (χ3v) is 6.58. The molecule has 2 saturated carbocycles. The lowest BCUT2D eigenvalue weighted by molar-refractivity contribution is -0.119. The molecule has 2 fully saturated rings. The Morgan fingerprint density at radius 1 is 1.27 bits per heavy atom. The zero-order valence-electron chi connectivity index (χ0n) is 12.5. The molecule has 0 saturated heterocycles. The van der Waals surface area contributed by atoms with E-state index in [1.54, 1.807) is 12.1 Å². The van der Waals surface area contributed by atoms with Gasteiger partial charge in [0.25, 0.3) is 5.91 Å². The molecule has 2 aliphatic carbocycles. The van der Waals surface area contributed by atoms with Crippen molar-refractivity contribution in [2.75, 3.05) is 0 Å². The summed E-state index contributed by atoms with van der Waals surface area (Å²) in [6, 6.07) is 6.62. The summed E-state index contributed by atoms with van der Waals surface area (Å²) in [6.45, 7) is 1.87. The fourth-order valence-electron chi connectivity index (χ4n) is 4.05. The van der Waals surface area contributed by atoms with Gasteiger partial charge in [-0.25, -0.2) is 4.39 Å². The zero-order valence-corrected chi connectivity index (χ0v) is 13.3. The van der Waals surface area contributed by atoms with Crippen LogP contribution < -0.4 is 5.32 Å². The maximum absolute atomic E-state index is 13.1. The lowest BCUT2D eigenvalue weighted by Crippen LogP contribution is -2.37. The first kappa shape index (κ1) is 14.2. The van der Waals surface area contributed by atoms with E-state index in [0.717, 1.165) is 22.6 Å². The molecule has 4 atom stereocenters. The van der Waals surface area contributed by atoms with Crippen LogP contribution >= 0.6 is 11.8 Å². The van der Waals surface area contributed by atoms with Crippen molar-refractivity contribution in [3.63, 3.8) is 0 Å². The molecule has 3 nitrogen and oxygen atoms in total. The SMILES string of the molecule is CC1(c2ccc(F)cc2)SC(N[C@H]2C[C@@H]3CC[C@H]2C3)=NC1=O. The molecule has 22 heavy (non-hydrogen) atoms. The van der Waals surface area contributed by atoms with Crippen molar-refractivity contribution in [3.05, 3.63) is 35.6 Å². The molecule has 1 unspecified atom stereocenters. The number of carbonyl (C=O) groups excluding carboxylic acids is 1. The molecule has 3 aliphatic rings. The molecule has 1 N–H and O–H groups in total. The van der Waals surface area contributed by atoms with Crippen LogP contribution in [0.25, 0.3) is 0 Å². The Morgan fingerprint density at radius 2 is 2.05 bits per heavy atom. The largest absolute Gasteiger partial charge is 0.361 e. The van der Waals surface area contributed by atoms with E-state index < -0.39 is 4.75 Å². The third kappa shape index (κ3) is 2.26. The van der Waals surface area contributed by atoms with E-state index in [1.165, 1.54) is 49.6 Å². The van der Waals surface area contributed by atoms with Crippen LogP contribution in [0, 0.1) is 17.7 Å². The minimum absolute atomic E-state index is 0.158. The third-order valence-electron chi connectivity index (χ3n) is 5.35. The number of halogens is 1. The molecule has 1 amide bonds. The van der Waals surface area contributed by atoms with Crippen molar-refractivity contribution in [2.45, 2.75) is 43.4 Å². The predicted octanol–water partition coefficient (Wildman–Crippen LogP) is 3.45. The maximum Gasteiger partial charge on any atom is 0.268 e. The molecule has 1 aromatic carbocycles. The molecule has 5 heteroatoms. The lowest BCUT2D eigenvalue weighted by Gasteiger charge is -2.25. The van der Waals surface area contributed by atoms with E-state index in [0.29, 0.717) is 6.04 Å². The second-order valence-corrected chi connectivity index (χ2v) is 8.20. The van der Waals surface area contributed by atoms with Gasteiger partial charge in [0, 0.05) is 6.04 Å². The summed E-state index contributed by atoms with van der Waals surface area (Å²) in [4.78, 5) is 16.6. The molecule has 1 heterocycles. The van der Waals surface area contributed by atoms with Crippen molar-refractivity contribution in [1.82, 2.24) is 5.32 Å². The number of nitrogens with one attached hydrogen (secondary N) is 1. The summed E-state index contributed by atoms with van der Waals surface area (Å²) >= 11 is 1.46. The molecule has 4 rings (SSSR count). The maximum atomic E-state index is 13.1. The Balaban J connectivity index is 1.50. The highest BCUT2D eigenvalue weighted by molar-refractivity contribution is 8.15. The highest BCUT2D eigenvalue weighted by atomic mass is 32.2. The summed E-state index contributed by atoms with van der Waals surface area (Å²) in [6.07, 6.45) is 5.17. The van der Waals surface area contributed by atoms with E-state index in [-0.39, 0.29) is 11.7 Å². The van der Waals surface area contributed by atoms with Crippen molar-refractivity contribution < 1.29 is 9.18 Å². The Labute approximate surface area is 133 Å². The van der Waals surface area contributed by atoms with E-state index >= 15 is 0 Å². The average molecular weight is 318 g/mol. The number of nitrogens with zero attached hydrogens (tertiary/aromatic N) is 1. The fourth-order valence-corrected chi connectivity index (χ4v) is 5.16. The van der Waals surface area contributed by atoms with Gasteiger partial charge in [0.05, 0.1) is 0 Å². The van der Waals surface area contributed by atoms with Crippen LogP contribution in [0.4, 0.5) is 4.39 Å². The normalized spacial score (nSPS) is 36.7. The summed E-state index contributed by atoms with van der Waals surface area (Å²) in [5.41, 5.74) is 0.803. The first-order valence-corrected chi connectivity index (χ1v) is 8.71. The fraction of sp³-hybridized carbons (Fsp3) is 0.529. The number of amides is 1. The first-order valence-electron chi connectivity index (χ1n) is 7.89. The van der Waals surface area contributed by atoms with Crippen LogP contribution in [0.2, 0.25) is 0 Å². The number of thioether (sulfide) groups is 1. The van der Waals surface area contributed by atoms with Crippen molar-refractivity contribution in [1.29, 1.82) is 0 Å². The topological polar surface area (TPSA) is 41.5 Å². The van der Waals surface area contributed by atoms with Crippen LogP contribution in [0.1, 0.15) is 38.2 Å². The Kier molecular flexibility index (Phi) is 3.29. The van der Waals surface area contributed by atoms with Gasteiger partial charge in [-0.3, -0.25) is 4.79 Å². The van der Waals surface area contributed by atoms with Gasteiger partial charge in [-0.2, -0.15) is 4.99 Å². The van der Waals surface area contributed by atoms with Crippen molar-refractivity contribution in [3.8, 4) is 0 Å². The highest BCUT2D eigenvalue weighted by Gasteiger charge is 2.45. The molecule has 1 aromatic rings. The van der Waals surface area contributed by atoms with Gasteiger partial charge in [-0.1, -0.05) is 30.3 Å². The molecular formula is C17H19FN2OS. The standard InChI is InChI=1S/C17H19FN2OS/c1-17(12-4-6-13(18)7-5-12)15(21)20-16(22-17)19-14-9-10-2-3-11(14)8-10/h4-7,10-11,14H,2-3,8-9H2,1H3,(H,19,20,21)/t10-,11+,14+,17?/m1/s1.